The molecular weight excluding hydrogens is 546 g/mol. The number of hydrogen-bond donors (Lipinski definition) is 1. The van der Waals surface area contributed by atoms with E-state index in [1.165, 1.54) is 4.90 Å². The Hall–Kier alpha value is -3.78. The highest BCUT2D eigenvalue weighted by atomic mass is 79.9. The molecule has 0 saturated carbocycles. The number of carbonyl (C=O) groups excluding carboxylic acids is 4. The summed E-state index contributed by atoms with van der Waals surface area (Å²) in [5.74, 6) is -1.11. The first-order valence-corrected chi connectivity index (χ1v) is 13.5. The number of nitrogens with one attached hydrogen (secondary N) is 1. The van der Waals surface area contributed by atoms with Gasteiger partial charge in [-0.1, -0.05) is 70.5 Å². The zero-order valence-electron chi connectivity index (χ0n) is 21.2. The number of rotatable bonds is 11. The molecule has 8 heteroatoms. The van der Waals surface area contributed by atoms with Crippen LogP contribution in [0.25, 0.3) is 0 Å². The average molecular weight is 576 g/mol. The summed E-state index contributed by atoms with van der Waals surface area (Å²) >= 11 is 3.44. The van der Waals surface area contributed by atoms with E-state index in [1.807, 2.05) is 61.5 Å². The van der Waals surface area contributed by atoms with E-state index in [0.29, 0.717) is 30.5 Å². The molecule has 0 radical (unpaired) electrons. The van der Waals surface area contributed by atoms with Crippen LogP contribution in [0.5, 0.6) is 0 Å². The second-order valence-corrected chi connectivity index (χ2v) is 10.1. The van der Waals surface area contributed by atoms with Gasteiger partial charge in [-0.2, -0.15) is 0 Å². The third-order valence-electron chi connectivity index (χ3n) is 6.54. The Kier molecular flexibility index (Phi) is 9.07. The molecule has 3 aromatic rings. The topological polar surface area (TPSA) is 86.8 Å². The van der Waals surface area contributed by atoms with Crippen molar-refractivity contribution in [1.29, 1.82) is 0 Å². The monoisotopic (exact) mass is 575 g/mol. The van der Waals surface area contributed by atoms with Crippen LogP contribution in [0, 0.1) is 0 Å². The molecule has 196 valence electrons. The Labute approximate surface area is 231 Å². The molecule has 38 heavy (non-hydrogen) atoms. The van der Waals surface area contributed by atoms with Crippen LogP contribution >= 0.6 is 15.9 Å². The van der Waals surface area contributed by atoms with Gasteiger partial charge in [-0.3, -0.25) is 24.1 Å². The fraction of sp³-hybridized carbons (Fsp3) is 0.267. The second kappa shape index (κ2) is 12.6. The lowest BCUT2D eigenvalue weighted by molar-refractivity contribution is -0.141. The van der Waals surface area contributed by atoms with E-state index in [4.69, 9.17) is 0 Å². The van der Waals surface area contributed by atoms with E-state index in [9.17, 15) is 19.2 Å². The molecule has 0 bridgehead atoms. The lowest BCUT2D eigenvalue weighted by Crippen LogP contribution is -2.50. The highest BCUT2D eigenvalue weighted by molar-refractivity contribution is 9.10. The normalized spacial score (nSPS) is 13.3. The molecule has 7 nitrogen and oxygen atoms in total. The van der Waals surface area contributed by atoms with Crippen molar-refractivity contribution in [3.05, 3.63) is 106 Å². The maximum atomic E-state index is 13.7. The Bertz CT molecular complexity index is 1280. The molecule has 0 spiro atoms. The van der Waals surface area contributed by atoms with Crippen LogP contribution in [0.15, 0.2) is 83.3 Å². The van der Waals surface area contributed by atoms with Gasteiger partial charge in [0.25, 0.3) is 11.8 Å². The molecule has 0 fully saturated rings. The van der Waals surface area contributed by atoms with Crippen molar-refractivity contribution in [2.24, 2.45) is 0 Å². The van der Waals surface area contributed by atoms with Gasteiger partial charge in [-0.15, -0.1) is 0 Å². The summed E-state index contributed by atoms with van der Waals surface area (Å²) in [7, 11) is 0. The summed E-state index contributed by atoms with van der Waals surface area (Å²) in [6.45, 7) is 2.69. The predicted molar refractivity (Wildman–Crippen MR) is 148 cm³/mol. The number of carbonyl (C=O) groups is 4. The van der Waals surface area contributed by atoms with Crippen LogP contribution in [0.3, 0.4) is 0 Å². The molecule has 4 rings (SSSR count). The van der Waals surface area contributed by atoms with E-state index in [-0.39, 0.29) is 43.1 Å². The number of halogens is 1. The number of hydrogen-bond acceptors (Lipinski definition) is 4. The van der Waals surface area contributed by atoms with Gasteiger partial charge in [-0.05, 0) is 48.7 Å². The highest BCUT2D eigenvalue weighted by Crippen LogP contribution is 2.23. The Morgan fingerprint density at radius 3 is 2.08 bits per heavy atom. The number of likely N-dealkylation sites (N-methyl/N-ethyl adjacent to an activating group) is 1. The van der Waals surface area contributed by atoms with E-state index in [2.05, 4.69) is 21.2 Å². The number of imide groups is 1. The number of nitrogens with zero attached hydrogens (tertiary/aromatic N) is 2. The largest absolute Gasteiger partial charge is 0.355 e. The zero-order chi connectivity index (χ0) is 27.1. The van der Waals surface area contributed by atoms with Crippen LogP contribution in [-0.2, 0) is 22.6 Å². The highest BCUT2D eigenvalue weighted by Gasteiger charge is 2.35. The van der Waals surface area contributed by atoms with Crippen molar-refractivity contribution in [1.82, 2.24) is 15.1 Å². The summed E-state index contributed by atoms with van der Waals surface area (Å²) < 4.78 is 0.921. The minimum Gasteiger partial charge on any atom is -0.355 e. The summed E-state index contributed by atoms with van der Waals surface area (Å²) in [4.78, 5) is 55.1. The molecule has 1 N–H and O–H groups in total. The molecule has 0 saturated heterocycles. The summed E-state index contributed by atoms with van der Waals surface area (Å²) in [5, 5.41) is 2.88. The Balaban J connectivity index is 1.52. The smallest absolute Gasteiger partial charge is 0.261 e. The number of amides is 4. The standard InChI is InChI=1S/C30H30BrN3O4/c1-2-32-28(36)26(19-21-9-4-3-5-10-21)34(20-22-14-16-23(31)17-15-22)27(35)13-8-18-33-29(37)24-11-6-7-12-25(24)30(33)38/h3-7,9-12,14-17,26H,2,8,13,18-20H2,1H3,(H,32,36)/t26-/m0/s1. The average Bonchev–Trinajstić information content (AvgIpc) is 3.17. The molecular formula is C30H30BrN3O4. The van der Waals surface area contributed by atoms with Crippen molar-refractivity contribution >= 4 is 39.6 Å². The maximum absolute atomic E-state index is 13.7. The van der Waals surface area contributed by atoms with Crippen molar-refractivity contribution in [2.45, 2.75) is 38.8 Å². The molecule has 1 aliphatic heterocycles. The third kappa shape index (κ3) is 6.37. The fourth-order valence-electron chi connectivity index (χ4n) is 4.61. The summed E-state index contributed by atoms with van der Waals surface area (Å²) in [6.07, 6.45) is 0.760. The Morgan fingerprint density at radius 2 is 1.47 bits per heavy atom. The lowest BCUT2D eigenvalue weighted by Gasteiger charge is -2.31. The first-order valence-electron chi connectivity index (χ1n) is 12.7. The van der Waals surface area contributed by atoms with Crippen LogP contribution in [0.2, 0.25) is 0 Å². The molecule has 0 unspecified atom stereocenters. The van der Waals surface area contributed by atoms with Crippen molar-refractivity contribution in [3.63, 3.8) is 0 Å². The van der Waals surface area contributed by atoms with Crippen molar-refractivity contribution < 1.29 is 19.2 Å². The minimum atomic E-state index is -0.715. The lowest BCUT2D eigenvalue weighted by atomic mass is 10.0. The van der Waals surface area contributed by atoms with E-state index < -0.39 is 6.04 Å². The van der Waals surface area contributed by atoms with Gasteiger partial charge >= 0.3 is 0 Å². The van der Waals surface area contributed by atoms with Gasteiger partial charge in [0, 0.05) is 36.9 Å². The first kappa shape index (κ1) is 27.3. The van der Waals surface area contributed by atoms with Crippen LogP contribution < -0.4 is 5.32 Å². The predicted octanol–water partition coefficient (Wildman–Crippen LogP) is 4.60. The SMILES string of the molecule is CCNC(=O)[C@H](Cc1ccccc1)N(Cc1ccc(Br)cc1)C(=O)CCCN1C(=O)c2ccccc2C1=O. The summed E-state index contributed by atoms with van der Waals surface area (Å²) in [5.41, 5.74) is 2.62. The van der Waals surface area contributed by atoms with Crippen LogP contribution in [0.1, 0.15) is 51.6 Å². The maximum Gasteiger partial charge on any atom is 0.261 e. The first-order chi connectivity index (χ1) is 18.4. The quantitative estimate of drug-likeness (QED) is 0.338. The summed E-state index contributed by atoms with van der Waals surface area (Å²) in [6, 6.07) is 23.3. The van der Waals surface area contributed by atoms with E-state index >= 15 is 0 Å². The fourth-order valence-corrected chi connectivity index (χ4v) is 4.87. The molecule has 1 atom stereocenters. The van der Waals surface area contributed by atoms with Gasteiger partial charge in [0.05, 0.1) is 11.1 Å². The van der Waals surface area contributed by atoms with E-state index in [0.717, 1.165) is 15.6 Å². The third-order valence-corrected chi connectivity index (χ3v) is 7.07. The second-order valence-electron chi connectivity index (χ2n) is 9.16. The molecule has 1 heterocycles. The van der Waals surface area contributed by atoms with Crippen molar-refractivity contribution in [2.75, 3.05) is 13.1 Å². The van der Waals surface area contributed by atoms with Crippen LogP contribution in [-0.4, -0.2) is 52.6 Å². The molecule has 1 aliphatic rings. The zero-order valence-corrected chi connectivity index (χ0v) is 22.8. The molecule has 4 amide bonds. The van der Waals surface area contributed by atoms with Gasteiger partial charge in [0.2, 0.25) is 11.8 Å². The van der Waals surface area contributed by atoms with Gasteiger partial charge in [-0.25, -0.2) is 0 Å². The van der Waals surface area contributed by atoms with Crippen LogP contribution in [0.4, 0.5) is 0 Å². The van der Waals surface area contributed by atoms with Gasteiger partial charge in [0.1, 0.15) is 6.04 Å². The minimum absolute atomic E-state index is 0.0919. The van der Waals surface area contributed by atoms with Gasteiger partial charge < -0.3 is 10.2 Å². The van der Waals surface area contributed by atoms with E-state index in [1.54, 1.807) is 29.2 Å². The number of fused-ring (bicyclic) bond motifs is 1. The van der Waals surface area contributed by atoms with Gasteiger partial charge in [0.15, 0.2) is 0 Å². The number of benzene rings is 3. The van der Waals surface area contributed by atoms with Crippen molar-refractivity contribution in [3.8, 4) is 0 Å². The molecule has 0 aromatic heterocycles. The Morgan fingerprint density at radius 1 is 0.868 bits per heavy atom. The molecule has 3 aromatic carbocycles. The molecule has 0 aliphatic carbocycles.